The molecule has 1 aliphatic carbocycles. The van der Waals surface area contributed by atoms with Crippen LogP contribution in [0, 0.1) is 0 Å². The summed E-state index contributed by atoms with van der Waals surface area (Å²) in [5.74, 6) is 3.06. The molecule has 2 fully saturated rings. The summed E-state index contributed by atoms with van der Waals surface area (Å²) in [7, 11) is 0. The zero-order valence-corrected chi connectivity index (χ0v) is 16.3. The zero-order valence-electron chi connectivity index (χ0n) is 16.3. The molecule has 4 heteroatoms. The van der Waals surface area contributed by atoms with Crippen molar-refractivity contribution >= 4 is 0 Å². The fourth-order valence-electron chi connectivity index (χ4n) is 4.76. The summed E-state index contributed by atoms with van der Waals surface area (Å²) in [6.45, 7) is 6.83. The molecule has 0 unspecified atom stereocenters. The largest absolute Gasteiger partial charge is 0.300 e. The molecule has 1 atom stereocenters. The van der Waals surface area contributed by atoms with E-state index >= 15 is 0 Å². The van der Waals surface area contributed by atoms with Gasteiger partial charge < -0.3 is 0 Å². The van der Waals surface area contributed by atoms with E-state index in [0.29, 0.717) is 11.8 Å². The Morgan fingerprint density at radius 3 is 2.69 bits per heavy atom. The Hall–Kier alpha value is -1.68. The summed E-state index contributed by atoms with van der Waals surface area (Å²) in [5.41, 5.74) is 1.26. The summed E-state index contributed by atoms with van der Waals surface area (Å²) in [6.07, 6.45) is 13.5. The molecule has 0 spiro atoms. The zero-order chi connectivity index (χ0) is 17.9. The van der Waals surface area contributed by atoms with Gasteiger partial charge in [-0.2, -0.15) is 0 Å². The third kappa shape index (κ3) is 3.71. The summed E-state index contributed by atoms with van der Waals surface area (Å²) < 4.78 is 2.15. The fraction of sp³-hybridized carbons (Fsp3) is 0.636. The maximum atomic E-state index is 5.06. The Kier molecular flexibility index (Phi) is 5.39. The van der Waals surface area contributed by atoms with Crippen molar-refractivity contribution in [2.45, 2.75) is 76.7 Å². The first-order chi connectivity index (χ1) is 12.7. The van der Waals surface area contributed by atoms with Crippen LogP contribution in [0.5, 0.6) is 0 Å². The highest BCUT2D eigenvalue weighted by Crippen LogP contribution is 2.31. The van der Waals surface area contributed by atoms with Crippen LogP contribution in [0.1, 0.15) is 82.1 Å². The summed E-state index contributed by atoms with van der Waals surface area (Å²) >= 11 is 0. The predicted molar refractivity (Wildman–Crippen MR) is 106 cm³/mol. The van der Waals surface area contributed by atoms with Gasteiger partial charge in [0.1, 0.15) is 11.6 Å². The van der Waals surface area contributed by atoms with Gasteiger partial charge in [0.2, 0.25) is 0 Å². The van der Waals surface area contributed by atoms with Crippen molar-refractivity contribution in [3.63, 3.8) is 0 Å². The molecule has 1 saturated heterocycles. The van der Waals surface area contributed by atoms with Gasteiger partial charge in [0.15, 0.2) is 0 Å². The van der Waals surface area contributed by atoms with E-state index in [2.05, 4.69) is 46.5 Å². The summed E-state index contributed by atoms with van der Waals surface area (Å²) in [6, 6.07) is 7.32. The van der Waals surface area contributed by atoms with Gasteiger partial charge >= 0.3 is 0 Å². The fourth-order valence-corrected chi connectivity index (χ4v) is 4.76. The lowest BCUT2D eigenvalue weighted by molar-refractivity contribution is 0.118. The first kappa shape index (κ1) is 17.7. The number of rotatable bonds is 4. The number of nitrogens with zero attached hydrogens (tertiary/aromatic N) is 4. The van der Waals surface area contributed by atoms with Crippen LogP contribution in [-0.2, 0) is 0 Å². The lowest BCUT2D eigenvalue weighted by Gasteiger charge is -2.40. The van der Waals surface area contributed by atoms with Crippen LogP contribution in [0.4, 0.5) is 0 Å². The number of imidazole rings is 1. The molecule has 140 valence electrons. The van der Waals surface area contributed by atoms with Gasteiger partial charge in [-0.25, -0.2) is 9.97 Å². The highest BCUT2D eigenvalue weighted by Gasteiger charge is 2.28. The van der Waals surface area contributed by atoms with Crippen LogP contribution in [0.25, 0.3) is 5.82 Å². The van der Waals surface area contributed by atoms with Gasteiger partial charge in [0.05, 0.1) is 0 Å². The third-order valence-electron chi connectivity index (χ3n) is 6.15. The van der Waals surface area contributed by atoms with Gasteiger partial charge in [-0.15, -0.1) is 0 Å². The molecule has 2 aromatic rings. The number of aromatic nitrogens is 3. The SMILES string of the molecule is CC(C)c1nccn1-c1cccc([C@H]2CCCN(C3CCCCC3)C2)n1. The monoisotopic (exact) mass is 352 g/mol. The van der Waals surface area contributed by atoms with Crippen LogP contribution in [-0.4, -0.2) is 38.6 Å². The molecule has 26 heavy (non-hydrogen) atoms. The lowest BCUT2D eigenvalue weighted by Crippen LogP contribution is -2.43. The van der Waals surface area contributed by atoms with Gasteiger partial charge in [0, 0.05) is 42.5 Å². The van der Waals surface area contributed by atoms with E-state index in [1.807, 2.05) is 12.4 Å². The van der Waals surface area contributed by atoms with Crippen molar-refractivity contribution in [2.75, 3.05) is 13.1 Å². The van der Waals surface area contributed by atoms with Gasteiger partial charge in [-0.3, -0.25) is 9.47 Å². The van der Waals surface area contributed by atoms with Crippen LogP contribution in [0.3, 0.4) is 0 Å². The number of pyridine rings is 1. The average Bonchev–Trinajstić information content (AvgIpc) is 3.19. The Bertz CT molecular complexity index is 714. The van der Waals surface area contributed by atoms with Crippen molar-refractivity contribution in [3.8, 4) is 5.82 Å². The highest BCUT2D eigenvalue weighted by atomic mass is 15.2. The van der Waals surface area contributed by atoms with Crippen LogP contribution in [0.15, 0.2) is 30.6 Å². The molecule has 0 amide bonds. The topological polar surface area (TPSA) is 34.0 Å². The third-order valence-corrected chi connectivity index (χ3v) is 6.15. The quantitative estimate of drug-likeness (QED) is 0.784. The standard InChI is InChI=1S/C22H32N4/c1-17(2)22-23-13-15-26(22)21-12-6-11-20(24-21)18-8-7-14-25(16-18)19-9-4-3-5-10-19/h6,11-13,15,17-19H,3-5,7-10,14,16H2,1-2H3/t18-/m0/s1. The van der Waals surface area contributed by atoms with E-state index in [-0.39, 0.29) is 0 Å². The van der Waals surface area contributed by atoms with Crippen molar-refractivity contribution in [2.24, 2.45) is 0 Å². The molecule has 3 heterocycles. The minimum atomic E-state index is 0.395. The normalized spacial score (nSPS) is 22.8. The van der Waals surface area contributed by atoms with Crippen LogP contribution in [0.2, 0.25) is 0 Å². The molecular weight excluding hydrogens is 320 g/mol. The maximum Gasteiger partial charge on any atom is 0.138 e. The number of hydrogen-bond donors (Lipinski definition) is 0. The van der Waals surface area contributed by atoms with Gasteiger partial charge in [-0.1, -0.05) is 39.2 Å². The second kappa shape index (κ2) is 7.91. The van der Waals surface area contributed by atoms with E-state index < -0.39 is 0 Å². The first-order valence-corrected chi connectivity index (χ1v) is 10.5. The molecule has 4 rings (SSSR count). The minimum absolute atomic E-state index is 0.395. The number of likely N-dealkylation sites (tertiary alicyclic amines) is 1. The lowest BCUT2D eigenvalue weighted by atomic mass is 9.89. The highest BCUT2D eigenvalue weighted by molar-refractivity contribution is 5.29. The van der Waals surface area contributed by atoms with Gasteiger partial charge in [-0.05, 0) is 44.4 Å². The first-order valence-electron chi connectivity index (χ1n) is 10.5. The van der Waals surface area contributed by atoms with E-state index in [4.69, 9.17) is 4.98 Å². The van der Waals surface area contributed by atoms with E-state index in [1.165, 1.54) is 63.7 Å². The van der Waals surface area contributed by atoms with E-state index in [0.717, 1.165) is 17.7 Å². The smallest absolute Gasteiger partial charge is 0.138 e. The minimum Gasteiger partial charge on any atom is -0.300 e. The summed E-state index contributed by atoms with van der Waals surface area (Å²) in [5, 5.41) is 0. The van der Waals surface area contributed by atoms with Crippen molar-refractivity contribution in [1.29, 1.82) is 0 Å². The van der Waals surface area contributed by atoms with Crippen molar-refractivity contribution in [3.05, 3.63) is 42.1 Å². The summed E-state index contributed by atoms with van der Waals surface area (Å²) in [4.78, 5) is 12.3. The predicted octanol–water partition coefficient (Wildman–Crippen LogP) is 4.90. The second-order valence-electron chi connectivity index (χ2n) is 8.36. The molecule has 1 aliphatic heterocycles. The Labute approximate surface area is 157 Å². The maximum absolute atomic E-state index is 5.06. The molecule has 0 bridgehead atoms. The molecule has 1 saturated carbocycles. The molecule has 0 N–H and O–H groups in total. The molecule has 4 nitrogen and oxygen atoms in total. The average molecular weight is 353 g/mol. The van der Waals surface area contributed by atoms with Crippen molar-refractivity contribution < 1.29 is 0 Å². The Morgan fingerprint density at radius 1 is 1.04 bits per heavy atom. The Balaban J connectivity index is 1.53. The van der Waals surface area contributed by atoms with Gasteiger partial charge in [0.25, 0.3) is 0 Å². The van der Waals surface area contributed by atoms with E-state index in [9.17, 15) is 0 Å². The molecular formula is C22H32N4. The van der Waals surface area contributed by atoms with Crippen LogP contribution >= 0.6 is 0 Å². The van der Waals surface area contributed by atoms with Crippen LogP contribution < -0.4 is 0 Å². The molecule has 0 aromatic carbocycles. The van der Waals surface area contributed by atoms with Crippen molar-refractivity contribution in [1.82, 2.24) is 19.4 Å². The number of piperidine rings is 1. The molecule has 0 radical (unpaired) electrons. The number of hydrogen-bond acceptors (Lipinski definition) is 3. The van der Waals surface area contributed by atoms with E-state index in [1.54, 1.807) is 0 Å². The second-order valence-corrected chi connectivity index (χ2v) is 8.36. The Morgan fingerprint density at radius 2 is 1.88 bits per heavy atom. The molecule has 2 aliphatic rings. The molecule has 2 aromatic heterocycles.